The number of sulfonamides is 1. The van der Waals surface area contributed by atoms with Gasteiger partial charge in [-0.2, -0.15) is 0 Å². The molecule has 0 fully saturated rings. The summed E-state index contributed by atoms with van der Waals surface area (Å²) < 4.78 is 52.4. The van der Waals surface area contributed by atoms with Gasteiger partial charge >= 0.3 is 0 Å². The monoisotopic (exact) mass is 393 g/mol. The number of imidazole rings is 1. The van der Waals surface area contributed by atoms with Gasteiger partial charge in [0, 0.05) is 14.1 Å². The Morgan fingerprint density at radius 1 is 0.885 bits per heavy atom. The zero-order valence-electron chi connectivity index (χ0n) is 14.8. The van der Waals surface area contributed by atoms with Crippen LogP contribution in [0.3, 0.4) is 0 Å². The summed E-state index contributed by atoms with van der Waals surface area (Å²) >= 11 is 0. The summed E-state index contributed by atoms with van der Waals surface area (Å²) in [6.45, 7) is 3.84. The van der Waals surface area contributed by atoms with E-state index >= 15 is 0 Å². The summed E-state index contributed by atoms with van der Waals surface area (Å²) in [6, 6.07) is 8.77. The predicted octanol–water partition coefficient (Wildman–Crippen LogP) is 2.14. The van der Waals surface area contributed by atoms with Crippen LogP contribution in [0.1, 0.15) is 11.1 Å². The van der Waals surface area contributed by atoms with E-state index in [1.54, 1.807) is 6.07 Å². The van der Waals surface area contributed by atoms with Gasteiger partial charge in [0.2, 0.25) is 10.0 Å². The second-order valence-corrected chi connectivity index (χ2v) is 10.2. The van der Waals surface area contributed by atoms with Crippen molar-refractivity contribution < 1.29 is 16.8 Å². The normalized spacial score (nSPS) is 12.8. The molecule has 1 heterocycles. The van der Waals surface area contributed by atoms with E-state index < -0.39 is 20.0 Å². The Labute approximate surface area is 153 Å². The maximum absolute atomic E-state index is 13.0. The van der Waals surface area contributed by atoms with Crippen molar-refractivity contribution in [2.45, 2.75) is 23.6 Å². The van der Waals surface area contributed by atoms with Crippen LogP contribution in [0.4, 0.5) is 0 Å². The van der Waals surface area contributed by atoms with Crippen molar-refractivity contribution in [3.8, 4) is 0 Å². The Hall–Kier alpha value is -2.23. The fourth-order valence-electron chi connectivity index (χ4n) is 2.54. The molecule has 0 bridgehead atoms. The highest BCUT2D eigenvalue weighted by atomic mass is 32.2. The number of fused-ring (bicyclic) bond motifs is 1. The van der Waals surface area contributed by atoms with E-state index in [2.05, 4.69) is 4.98 Å². The second-order valence-electron chi connectivity index (χ2n) is 6.23. The lowest BCUT2D eigenvalue weighted by Gasteiger charge is -2.12. The molecule has 0 unspecified atom stereocenters. The second kappa shape index (κ2) is 6.19. The fraction of sp³-hybridized carbons (Fsp3) is 0.235. The Bertz CT molecular complexity index is 1190. The predicted molar refractivity (Wildman–Crippen MR) is 99.1 cm³/mol. The Kier molecular flexibility index (Phi) is 4.41. The van der Waals surface area contributed by atoms with Crippen LogP contribution in [0, 0.1) is 13.8 Å². The lowest BCUT2D eigenvalue weighted by Crippen LogP contribution is -2.22. The van der Waals surface area contributed by atoms with Gasteiger partial charge in [0.25, 0.3) is 10.0 Å². The molecule has 0 amide bonds. The van der Waals surface area contributed by atoms with Gasteiger partial charge in [0.15, 0.2) is 0 Å². The van der Waals surface area contributed by atoms with Crippen molar-refractivity contribution in [1.82, 2.24) is 13.3 Å². The molecule has 138 valence electrons. The SMILES string of the molecule is Cc1cc2ncn(S(=O)(=O)c3ccc(S(=O)(=O)N(C)C)cc3)c2cc1C. The number of hydrogen-bond acceptors (Lipinski definition) is 5. The minimum Gasteiger partial charge on any atom is -0.236 e. The smallest absolute Gasteiger partial charge is 0.236 e. The molecular formula is C17H19N3O4S2. The highest BCUT2D eigenvalue weighted by Gasteiger charge is 2.22. The molecule has 0 saturated carbocycles. The zero-order chi connectivity index (χ0) is 19.3. The molecule has 0 aliphatic heterocycles. The minimum atomic E-state index is -3.89. The van der Waals surface area contributed by atoms with Crippen LogP contribution in [0.15, 0.2) is 52.5 Å². The van der Waals surface area contributed by atoms with Gasteiger partial charge < -0.3 is 0 Å². The van der Waals surface area contributed by atoms with Gasteiger partial charge in [-0.1, -0.05) is 0 Å². The number of rotatable bonds is 4. The number of aromatic nitrogens is 2. The van der Waals surface area contributed by atoms with Crippen molar-refractivity contribution >= 4 is 31.1 Å². The van der Waals surface area contributed by atoms with Crippen molar-refractivity contribution in [2.75, 3.05) is 14.1 Å². The standard InChI is InChI=1S/C17H19N3O4S2/c1-12-9-16-17(10-13(12)2)20(11-18-16)26(23,24)15-7-5-14(6-8-15)25(21,22)19(3)4/h5-11H,1-4H3. The van der Waals surface area contributed by atoms with Gasteiger partial charge in [-0.25, -0.2) is 30.1 Å². The molecular weight excluding hydrogens is 374 g/mol. The molecule has 26 heavy (non-hydrogen) atoms. The first-order valence-electron chi connectivity index (χ1n) is 7.77. The summed E-state index contributed by atoms with van der Waals surface area (Å²) in [7, 11) is -4.67. The van der Waals surface area contributed by atoms with Crippen molar-refractivity contribution in [3.63, 3.8) is 0 Å². The van der Waals surface area contributed by atoms with E-state index in [0.717, 1.165) is 19.4 Å². The maximum atomic E-state index is 13.0. The van der Waals surface area contributed by atoms with E-state index in [1.807, 2.05) is 19.9 Å². The molecule has 0 aliphatic rings. The van der Waals surface area contributed by atoms with E-state index in [-0.39, 0.29) is 9.79 Å². The van der Waals surface area contributed by atoms with E-state index in [0.29, 0.717) is 11.0 Å². The molecule has 0 saturated heterocycles. The molecule has 0 radical (unpaired) electrons. The lowest BCUT2D eigenvalue weighted by molar-refractivity contribution is 0.520. The van der Waals surface area contributed by atoms with Crippen LogP contribution in [0.5, 0.6) is 0 Å². The molecule has 9 heteroatoms. The minimum absolute atomic E-state index is 0.00673. The van der Waals surface area contributed by atoms with Crippen molar-refractivity contribution in [1.29, 1.82) is 0 Å². The first kappa shape index (κ1) is 18.6. The first-order chi connectivity index (χ1) is 12.0. The van der Waals surface area contributed by atoms with Crippen LogP contribution < -0.4 is 0 Å². The van der Waals surface area contributed by atoms with E-state index in [9.17, 15) is 16.8 Å². The first-order valence-corrected chi connectivity index (χ1v) is 10.7. The van der Waals surface area contributed by atoms with Crippen LogP contribution >= 0.6 is 0 Å². The molecule has 3 rings (SSSR count). The summed E-state index contributed by atoms with van der Waals surface area (Å²) in [5.74, 6) is 0. The van der Waals surface area contributed by atoms with Crippen LogP contribution in [-0.4, -0.2) is 44.2 Å². The molecule has 0 spiro atoms. The quantitative estimate of drug-likeness (QED) is 0.677. The van der Waals surface area contributed by atoms with E-state index in [4.69, 9.17) is 0 Å². The van der Waals surface area contributed by atoms with Crippen LogP contribution in [0.2, 0.25) is 0 Å². The summed E-state index contributed by atoms with van der Waals surface area (Å²) in [4.78, 5) is 4.20. The highest BCUT2D eigenvalue weighted by molar-refractivity contribution is 7.90. The third-order valence-corrected chi connectivity index (χ3v) is 7.80. The molecule has 2 aromatic carbocycles. The Morgan fingerprint density at radius 3 is 2.00 bits per heavy atom. The Balaban J connectivity index is 2.11. The van der Waals surface area contributed by atoms with Crippen molar-refractivity contribution in [3.05, 3.63) is 53.9 Å². The lowest BCUT2D eigenvalue weighted by atomic mass is 10.1. The van der Waals surface area contributed by atoms with Gasteiger partial charge in [-0.15, -0.1) is 0 Å². The number of aryl methyl sites for hydroxylation is 2. The highest BCUT2D eigenvalue weighted by Crippen LogP contribution is 2.24. The fourth-order valence-corrected chi connectivity index (χ4v) is 4.73. The molecule has 1 aromatic heterocycles. The van der Waals surface area contributed by atoms with Crippen LogP contribution in [0.25, 0.3) is 11.0 Å². The molecule has 0 atom stereocenters. The molecule has 0 N–H and O–H groups in total. The third-order valence-electron chi connectivity index (χ3n) is 4.29. The van der Waals surface area contributed by atoms with Crippen LogP contribution in [-0.2, 0) is 20.0 Å². The van der Waals surface area contributed by atoms with E-state index in [1.165, 1.54) is 44.7 Å². The third kappa shape index (κ3) is 2.91. The number of hydrogen-bond donors (Lipinski definition) is 0. The van der Waals surface area contributed by atoms with Gasteiger partial charge in [0.05, 0.1) is 20.8 Å². The summed E-state index contributed by atoms with van der Waals surface area (Å²) in [5, 5.41) is 0. The average Bonchev–Trinajstić information content (AvgIpc) is 2.98. The Morgan fingerprint density at radius 2 is 1.42 bits per heavy atom. The summed E-state index contributed by atoms with van der Waals surface area (Å²) in [6.07, 6.45) is 1.27. The topological polar surface area (TPSA) is 89.3 Å². The summed E-state index contributed by atoms with van der Waals surface area (Å²) in [5.41, 5.74) is 3.06. The van der Waals surface area contributed by atoms with Gasteiger partial charge in [-0.05, 0) is 61.4 Å². The molecule has 0 aliphatic carbocycles. The average molecular weight is 393 g/mol. The largest absolute Gasteiger partial charge is 0.269 e. The maximum Gasteiger partial charge on any atom is 0.269 e. The number of nitrogens with zero attached hydrogens (tertiary/aromatic N) is 3. The van der Waals surface area contributed by atoms with Gasteiger partial charge in [-0.3, -0.25) is 0 Å². The zero-order valence-corrected chi connectivity index (χ0v) is 16.5. The van der Waals surface area contributed by atoms with Gasteiger partial charge in [0.1, 0.15) is 6.33 Å². The number of benzene rings is 2. The molecule has 7 nitrogen and oxygen atoms in total. The van der Waals surface area contributed by atoms with Crippen molar-refractivity contribution in [2.24, 2.45) is 0 Å². The molecule has 3 aromatic rings.